The van der Waals surface area contributed by atoms with Gasteiger partial charge < -0.3 is 29.7 Å². The van der Waals surface area contributed by atoms with Crippen molar-refractivity contribution in [1.82, 2.24) is 39.9 Å². The fraction of sp³-hybridized carbons (Fsp3) is 0. The Labute approximate surface area is 462 Å². The molecule has 0 aliphatic heterocycles. The van der Waals surface area contributed by atoms with E-state index in [-0.39, 0.29) is 41.2 Å². The quantitative estimate of drug-likeness (QED) is 0.110. The number of ether oxygens (including phenoxy) is 1. The van der Waals surface area contributed by atoms with Gasteiger partial charge in [0.25, 0.3) is 0 Å². The largest absolute Gasteiger partial charge is 3.00 e. The van der Waals surface area contributed by atoms with Crippen LogP contribution < -0.4 is 4.74 Å². The predicted octanol–water partition coefficient (Wildman–Crippen LogP) is 14.3. The SMILES string of the molecule is [Ir+3].[Pt+2].[c-]1cc(-c2ccccc2-c2nc(-c3ccccc3-c3c[c-]c(-c4ccccn4)cc3)nc(-c3ccccc3-c3c[c-]c(-c4ccccn4)cc3)n2)c(Oc2[c-]c(-c3ccccn3)ccc2)[c-]c1-c1ncccn1. The first kappa shape index (κ1) is 49.8. The fourth-order valence-corrected chi connectivity index (χ4v) is 8.60. The Morgan fingerprint density at radius 2 is 0.773 bits per heavy atom. The smallest absolute Gasteiger partial charge is 0.515 e. The summed E-state index contributed by atoms with van der Waals surface area (Å²) in [6.45, 7) is 0. The number of pyridine rings is 3. The number of aromatic nitrogens is 8. The molecule has 11 heteroatoms. The molecule has 12 rings (SSSR count). The number of rotatable bonds is 12. The topological polar surface area (TPSA) is 112 Å². The monoisotopic (exact) mass is 1320 g/mol. The minimum absolute atomic E-state index is 0. The maximum Gasteiger partial charge on any atom is 3.00 e. The van der Waals surface area contributed by atoms with Crippen molar-refractivity contribution in [3.63, 3.8) is 0 Å². The summed E-state index contributed by atoms with van der Waals surface area (Å²) in [5, 5.41) is 0. The Morgan fingerprint density at radius 1 is 0.320 bits per heavy atom. The number of benzene rings is 7. The molecule has 0 aliphatic carbocycles. The second-order valence-electron chi connectivity index (χ2n) is 16.7. The maximum absolute atomic E-state index is 6.79. The number of nitrogens with zero attached hydrogens (tertiary/aromatic N) is 8. The molecule has 0 fully saturated rings. The van der Waals surface area contributed by atoms with Crippen molar-refractivity contribution in [2.75, 3.05) is 0 Å². The van der Waals surface area contributed by atoms with Gasteiger partial charge in [0.05, 0.1) is 0 Å². The van der Waals surface area contributed by atoms with Gasteiger partial charge >= 0.3 is 41.2 Å². The van der Waals surface area contributed by atoms with E-state index in [9.17, 15) is 0 Å². The van der Waals surface area contributed by atoms with Crippen LogP contribution in [0.15, 0.2) is 225 Å². The van der Waals surface area contributed by atoms with Gasteiger partial charge in [-0.05, 0) is 64.0 Å². The molecule has 358 valence electrons. The van der Waals surface area contributed by atoms with E-state index in [4.69, 9.17) is 19.7 Å². The minimum atomic E-state index is 0. The van der Waals surface area contributed by atoms with Crippen LogP contribution in [-0.4, -0.2) is 39.9 Å². The molecule has 0 bridgehead atoms. The third-order valence-electron chi connectivity index (χ3n) is 12.1. The molecule has 0 aliphatic rings. The Hall–Kier alpha value is -8.78. The van der Waals surface area contributed by atoms with Gasteiger partial charge in [-0.15, -0.1) is 89.0 Å². The number of hydrogen-bond donors (Lipinski definition) is 0. The second kappa shape index (κ2) is 23.0. The van der Waals surface area contributed by atoms with E-state index in [2.05, 4.69) is 79.5 Å². The van der Waals surface area contributed by atoms with Crippen LogP contribution in [0.4, 0.5) is 0 Å². The summed E-state index contributed by atoms with van der Waals surface area (Å²) in [4.78, 5) is 38.7. The van der Waals surface area contributed by atoms with Crippen molar-refractivity contribution < 1.29 is 45.9 Å². The zero-order chi connectivity index (χ0) is 48.8. The van der Waals surface area contributed by atoms with Crippen LogP contribution in [-0.2, 0) is 41.2 Å². The third-order valence-corrected chi connectivity index (χ3v) is 12.1. The van der Waals surface area contributed by atoms with Crippen LogP contribution in [0.2, 0.25) is 0 Å². The van der Waals surface area contributed by atoms with Crippen LogP contribution in [0.1, 0.15) is 0 Å². The molecule has 5 heterocycles. The molecule has 0 saturated heterocycles. The molecule has 75 heavy (non-hydrogen) atoms. The molecule has 0 spiro atoms. The van der Waals surface area contributed by atoms with E-state index in [1.807, 2.05) is 164 Å². The van der Waals surface area contributed by atoms with Crippen molar-refractivity contribution in [2.24, 2.45) is 0 Å². The molecule has 0 unspecified atom stereocenters. The Morgan fingerprint density at radius 3 is 1.25 bits per heavy atom. The Bertz CT molecular complexity index is 3730. The molecule has 0 amide bonds. The average molecular weight is 1320 g/mol. The van der Waals surface area contributed by atoms with Crippen LogP contribution in [0.25, 0.3) is 113 Å². The Kier molecular flexibility index (Phi) is 15.2. The normalized spacial score (nSPS) is 10.7. The van der Waals surface area contributed by atoms with Crippen LogP contribution in [0.3, 0.4) is 0 Å². The van der Waals surface area contributed by atoms with Crippen molar-refractivity contribution in [1.29, 1.82) is 0 Å². The standard InChI is InChI=1S/C64H37N8O.Ir.Pt/c1-4-20-54(50(17-1)43-26-30-45(31-27-43)57-23-7-10-36-65-57)62-70-63(55-21-5-2-18-51(55)44-28-32-46(33-29-44)58-24-8-11-37-66-58)72-64(71-62)56-22-6-3-19-52(56)53-35-34-48(61-68-39-14-40-69-61)42-60(53)73-49-16-13-15-47(41-49)59-25-9-12-38-67-59;;/h1-30,32,35-40H;;/q-5;+3;+2. The average Bonchev–Trinajstić information content (AvgIpc) is 3.48. The van der Waals surface area contributed by atoms with Gasteiger partial charge in [0.15, 0.2) is 17.5 Å². The predicted molar refractivity (Wildman–Crippen MR) is 284 cm³/mol. The molecule has 0 saturated carbocycles. The summed E-state index contributed by atoms with van der Waals surface area (Å²) in [7, 11) is 0. The van der Waals surface area contributed by atoms with E-state index in [1.165, 1.54) is 0 Å². The van der Waals surface area contributed by atoms with Crippen molar-refractivity contribution in [3.8, 4) is 124 Å². The maximum atomic E-state index is 6.79. The summed E-state index contributed by atoms with van der Waals surface area (Å²) in [6.07, 6.45) is 8.71. The van der Waals surface area contributed by atoms with E-state index >= 15 is 0 Å². The minimum Gasteiger partial charge on any atom is -0.515 e. The van der Waals surface area contributed by atoms with Crippen LogP contribution in [0, 0.1) is 30.3 Å². The van der Waals surface area contributed by atoms with Crippen molar-refractivity contribution >= 4 is 0 Å². The van der Waals surface area contributed by atoms with E-state index in [0.717, 1.165) is 78.3 Å². The molecule has 9 nitrogen and oxygen atoms in total. The van der Waals surface area contributed by atoms with Gasteiger partial charge in [0.1, 0.15) is 0 Å². The van der Waals surface area contributed by atoms with E-state index < -0.39 is 0 Å². The van der Waals surface area contributed by atoms with Gasteiger partial charge in [0, 0.05) is 53.4 Å². The van der Waals surface area contributed by atoms with E-state index in [0.29, 0.717) is 45.9 Å². The summed E-state index contributed by atoms with van der Waals surface area (Å²) < 4.78 is 6.79. The molecule has 5 aromatic heterocycles. The molecular weight excluding hydrogens is 1280 g/mol. The summed E-state index contributed by atoms with van der Waals surface area (Å²) in [5.41, 5.74) is 13.1. The zero-order valence-electron chi connectivity index (χ0n) is 39.5. The van der Waals surface area contributed by atoms with Gasteiger partial charge in [-0.3, -0.25) is 6.07 Å². The molecule has 7 aromatic carbocycles. The zero-order valence-corrected chi connectivity index (χ0v) is 44.2. The number of hydrogen-bond acceptors (Lipinski definition) is 9. The van der Waals surface area contributed by atoms with Gasteiger partial charge in [0.2, 0.25) is 0 Å². The van der Waals surface area contributed by atoms with Gasteiger partial charge in [-0.1, -0.05) is 132 Å². The molecule has 12 aromatic rings. The Balaban J connectivity index is 0.00000321. The summed E-state index contributed by atoms with van der Waals surface area (Å²) in [5.74, 6) is 2.74. The molecule has 0 N–H and O–H groups in total. The van der Waals surface area contributed by atoms with Crippen molar-refractivity contribution in [2.45, 2.75) is 0 Å². The summed E-state index contributed by atoms with van der Waals surface area (Å²) in [6, 6.07) is 80.6. The third kappa shape index (κ3) is 10.8. The first-order valence-corrected chi connectivity index (χ1v) is 23.5. The second-order valence-corrected chi connectivity index (χ2v) is 16.7. The molecular formula is C64H37IrN8OPt. The van der Waals surface area contributed by atoms with Gasteiger partial charge in [-0.25, -0.2) is 32.6 Å². The van der Waals surface area contributed by atoms with Crippen LogP contribution in [0.5, 0.6) is 11.5 Å². The van der Waals surface area contributed by atoms with Crippen molar-refractivity contribution in [3.05, 3.63) is 255 Å². The first-order chi connectivity index (χ1) is 36.2. The molecule has 0 atom stereocenters. The van der Waals surface area contributed by atoms with Crippen LogP contribution >= 0.6 is 0 Å². The fourth-order valence-electron chi connectivity index (χ4n) is 8.60. The molecule has 0 radical (unpaired) electrons. The first-order valence-electron chi connectivity index (χ1n) is 23.5. The van der Waals surface area contributed by atoms with E-state index in [1.54, 1.807) is 37.1 Å². The van der Waals surface area contributed by atoms with Gasteiger partial charge in [-0.2, -0.15) is 0 Å². The summed E-state index contributed by atoms with van der Waals surface area (Å²) >= 11 is 0.